The number of hydrogen-bond donors (Lipinski definition) is 3. The lowest BCUT2D eigenvalue weighted by Gasteiger charge is -2.35. The van der Waals surface area contributed by atoms with Crippen molar-refractivity contribution in [2.45, 2.75) is 97.6 Å². The number of hydrogen-bond acceptors (Lipinski definition) is 8. The molecule has 0 aliphatic carbocycles. The Bertz CT molecular complexity index is 1320. The van der Waals surface area contributed by atoms with Crippen molar-refractivity contribution in [2.75, 3.05) is 25.2 Å². The molecule has 0 spiro atoms. The predicted molar refractivity (Wildman–Crippen MR) is 182 cm³/mol. The minimum atomic E-state index is -1.24. The summed E-state index contributed by atoms with van der Waals surface area (Å²) in [5, 5.41) is 15.7. The minimum Gasteiger partial charge on any atom is -0.458 e. The molecule has 2 aromatic rings. The van der Waals surface area contributed by atoms with Crippen molar-refractivity contribution in [1.82, 2.24) is 15.5 Å². The normalized spacial score (nSPS) is 13.6. The third-order valence-corrected chi connectivity index (χ3v) is 7.44. The standard InChI is InChI=1S/C35H51N3O7S/c1-23-15-16-26(24(2)21-23)29(30(40)36-28(32(42)44-34(3,4)5)22-25-13-11-10-12-14-25)38(18-19-39)31(41)27(17-20-46-9)37-33(43)45-35(6,7)8/h10-16,21,27-29,39H,17-20,22H2,1-9H3,(H,36,40)(H,37,43). The van der Waals surface area contributed by atoms with Crippen LogP contribution >= 0.6 is 11.8 Å². The van der Waals surface area contributed by atoms with E-state index in [2.05, 4.69) is 10.6 Å². The Balaban J connectivity index is 2.61. The summed E-state index contributed by atoms with van der Waals surface area (Å²) in [6.45, 7) is 13.5. The molecule has 0 radical (unpaired) electrons. The zero-order valence-corrected chi connectivity index (χ0v) is 29.5. The molecule has 2 aromatic carbocycles. The Hall–Kier alpha value is -3.57. The molecule has 0 aliphatic rings. The summed E-state index contributed by atoms with van der Waals surface area (Å²) < 4.78 is 11.1. The fourth-order valence-corrected chi connectivity index (χ4v) is 5.34. The zero-order chi connectivity index (χ0) is 34.7. The quantitative estimate of drug-likeness (QED) is 0.245. The number of ether oxygens (including phenoxy) is 2. The molecule has 3 N–H and O–H groups in total. The number of carbonyl (C=O) groups excluding carboxylic acids is 4. The monoisotopic (exact) mass is 657 g/mol. The average molecular weight is 658 g/mol. The number of rotatable bonds is 14. The van der Waals surface area contributed by atoms with Crippen molar-refractivity contribution in [3.8, 4) is 0 Å². The number of amides is 3. The number of carbonyl (C=O) groups is 4. The van der Waals surface area contributed by atoms with E-state index in [1.165, 1.54) is 16.7 Å². The van der Waals surface area contributed by atoms with Gasteiger partial charge in [0, 0.05) is 13.0 Å². The first-order chi connectivity index (χ1) is 21.5. The third kappa shape index (κ3) is 12.7. The number of aryl methyl sites for hydroxylation is 2. The third-order valence-electron chi connectivity index (χ3n) is 6.79. The summed E-state index contributed by atoms with van der Waals surface area (Å²) in [5.41, 5.74) is 1.44. The number of benzene rings is 2. The molecule has 254 valence electrons. The van der Waals surface area contributed by atoms with Gasteiger partial charge in [-0.2, -0.15) is 11.8 Å². The van der Waals surface area contributed by atoms with E-state index >= 15 is 0 Å². The maximum Gasteiger partial charge on any atom is 0.408 e. The van der Waals surface area contributed by atoms with E-state index in [4.69, 9.17) is 9.47 Å². The van der Waals surface area contributed by atoms with Gasteiger partial charge in [0.05, 0.1) is 6.61 Å². The molecular weight excluding hydrogens is 606 g/mol. The van der Waals surface area contributed by atoms with Crippen LogP contribution in [-0.4, -0.2) is 82.3 Å². The lowest BCUT2D eigenvalue weighted by molar-refractivity contribution is -0.159. The van der Waals surface area contributed by atoms with Gasteiger partial charge in [-0.05, 0) is 90.5 Å². The van der Waals surface area contributed by atoms with E-state index in [0.717, 1.165) is 16.7 Å². The van der Waals surface area contributed by atoms with E-state index < -0.39 is 59.8 Å². The number of alkyl carbamates (subject to hydrolysis) is 1. The van der Waals surface area contributed by atoms with Gasteiger partial charge in [-0.3, -0.25) is 9.59 Å². The fraction of sp³-hybridized carbons (Fsp3) is 0.543. The van der Waals surface area contributed by atoms with Crippen LogP contribution in [0.1, 0.15) is 76.3 Å². The summed E-state index contributed by atoms with van der Waals surface area (Å²) >= 11 is 1.50. The van der Waals surface area contributed by atoms with Gasteiger partial charge in [0.2, 0.25) is 11.8 Å². The molecule has 11 heteroatoms. The van der Waals surface area contributed by atoms with Crippen LogP contribution in [0.2, 0.25) is 0 Å². The topological polar surface area (TPSA) is 134 Å². The van der Waals surface area contributed by atoms with E-state index in [0.29, 0.717) is 11.3 Å². The van der Waals surface area contributed by atoms with Crippen molar-refractivity contribution >= 4 is 35.6 Å². The van der Waals surface area contributed by atoms with Gasteiger partial charge in [0.1, 0.15) is 29.3 Å². The van der Waals surface area contributed by atoms with Gasteiger partial charge in [-0.25, -0.2) is 9.59 Å². The highest BCUT2D eigenvalue weighted by Crippen LogP contribution is 2.27. The molecule has 0 aliphatic heterocycles. The molecule has 3 amide bonds. The van der Waals surface area contributed by atoms with Crippen molar-refractivity contribution in [3.05, 3.63) is 70.8 Å². The van der Waals surface area contributed by atoms with E-state index in [-0.39, 0.29) is 19.4 Å². The van der Waals surface area contributed by atoms with Crippen LogP contribution in [0.15, 0.2) is 48.5 Å². The molecule has 0 heterocycles. The van der Waals surface area contributed by atoms with Crippen LogP contribution in [0.3, 0.4) is 0 Å². The minimum absolute atomic E-state index is 0.158. The molecule has 10 nitrogen and oxygen atoms in total. The second-order valence-electron chi connectivity index (χ2n) is 13.3. The smallest absolute Gasteiger partial charge is 0.408 e. The highest BCUT2D eigenvalue weighted by atomic mass is 32.2. The maximum absolute atomic E-state index is 14.4. The van der Waals surface area contributed by atoms with Crippen molar-refractivity contribution in [3.63, 3.8) is 0 Å². The highest BCUT2D eigenvalue weighted by molar-refractivity contribution is 7.98. The van der Waals surface area contributed by atoms with Crippen molar-refractivity contribution < 1.29 is 33.8 Å². The van der Waals surface area contributed by atoms with Gasteiger partial charge in [0.15, 0.2) is 0 Å². The summed E-state index contributed by atoms with van der Waals surface area (Å²) in [7, 11) is 0. The second-order valence-corrected chi connectivity index (χ2v) is 14.3. The number of nitrogens with zero attached hydrogens (tertiary/aromatic N) is 1. The van der Waals surface area contributed by atoms with Crippen LogP contribution in [-0.2, 0) is 30.3 Å². The molecule has 3 atom stereocenters. The molecular formula is C35H51N3O7S. The molecule has 46 heavy (non-hydrogen) atoms. The lowest BCUT2D eigenvalue weighted by Crippen LogP contribution is -2.55. The molecule has 2 rings (SSSR count). The van der Waals surface area contributed by atoms with E-state index in [1.54, 1.807) is 47.6 Å². The average Bonchev–Trinajstić information content (AvgIpc) is 2.94. The summed E-state index contributed by atoms with van der Waals surface area (Å²) in [6, 6.07) is 11.4. The SMILES string of the molecule is CSCCC(NC(=O)OC(C)(C)C)C(=O)N(CCO)C(C(=O)NC(Cc1ccccc1)C(=O)OC(C)(C)C)c1ccc(C)cc1C. The molecule has 0 bridgehead atoms. The molecule has 0 saturated heterocycles. The number of nitrogens with one attached hydrogen (secondary N) is 2. The van der Waals surface area contributed by atoms with E-state index in [1.807, 2.05) is 62.6 Å². The number of esters is 1. The predicted octanol–water partition coefficient (Wildman–Crippen LogP) is 4.88. The van der Waals surface area contributed by atoms with Gasteiger partial charge < -0.3 is 30.1 Å². The van der Waals surface area contributed by atoms with Crippen molar-refractivity contribution in [2.24, 2.45) is 0 Å². The van der Waals surface area contributed by atoms with Gasteiger partial charge in [-0.15, -0.1) is 0 Å². The Labute approximate surface area is 278 Å². The van der Waals surface area contributed by atoms with Crippen LogP contribution in [0.4, 0.5) is 4.79 Å². The fourth-order valence-electron chi connectivity index (χ4n) is 4.87. The summed E-state index contributed by atoms with van der Waals surface area (Å²) in [4.78, 5) is 56.2. The second kappa shape index (κ2) is 17.4. The first-order valence-electron chi connectivity index (χ1n) is 15.5. The van der Waals surface area contributed by atoms with Crippen LogP contribution in [0.5, 0.6) is 0 Å². The Kier molecular flexibility index (Phi) is 14.6. The Morgan fingerprint density at radius 1 is 0.891 bits per heavy atom. The Morgan fingerprint density at radius 3 is 2.07 bits per heavy atom. The van der Waals surface area contributed by atoms with E-state index in [9.17, 15) is 24.3 Å². The van der Waals surface area contributed by atoms with Gasteiger partial charge in [-0.1, -0.05) is 54.1 Å². The molecule has 0 saturated carbocycles. The Morgan fingerprint density at radius 2 is 1.52 bits per heavy atom. The summed E-state index contributed by atoms with van der Waals surface area (Å²) in [5.74, 6) is -1.27. The van der Waals surface area contributed by atoms with Crippen LogP contribution in [0, 0.1) is 13.8 Å². The molecule has 3 unspecified atom stereocenters. The number of aliphatic hydroxyl groups excluding tert-OH is 1. The first-order valence-corrected chi connectivity index (χ1v) is 16.9. The van der Waals surface area contributed by atoms with Crippen LogP contribution in [0.25, 0.3) is 0 Å². The maximum atomic E-state index is 14.4. The highest BCUT2D eigenvalue weighted by Gasteiger charge is 2.38. The summed E-state index contributed by atoms with van der Waals surface area (Å²) in [6.07, 6.45) is 1.54. The van der Waals surface area contributed by atoms with Crippen molar-refractivity contribution in [1.29, 1.82) is 0 Å². The molecule has 0 aromatic heterocycles. The number of thioether (sulfide) groups is 1. The largest absolute Gasteiger partial charge is 0.458 e. The zero-order valence-electron chi connectivity index (χ0n) is 28.6. The van der Waals surface area contributed by atoms with Gasteiger partial charge >= 0.3 is 12.1 Å². The number of aliphatic hydroxyl groups is 1. The lowest BCUT2D eigenvalue weighted by atomic mass is 9.95. The van der Waals surface area contributed by atoms with Crippen LogP contribution < -0.4 is 10.6 Å². The van der Waals surface area contributed by atoms with Gasteiger partial charge in [0.25, 0.3) is 0 Å². The molecule has 0 fully saturated rings. The first kappa shape index (κ1) is 38.6.